The lowest BCUT2D eigenvalue weighted by Gasteiger charge is -2.28. The number of rotatable bonds is 3. The van der Waals surface area contributed by atoms with Gasteiger partial charge in [0.25, 0.3) is 5.91 Å². The molecule has 0 unspecified atom stereocenters. The molecule has 19 heavy (non-hydrogen) atoms. The minimum absolute atomic E-state index is 0.288. The van der Waals surface area contributed by atoms with E-state index in [4.69, 9.17) is 4.74 Å². The van der Waals surface area contributed by atoms with E-state index in [1.165, 1.54) is 6.07 Å². The number of pyridine rings is 1. The Balaban J connectivity index is 2.11. The Morgan fingerprint density at radius 3 is 3.05 bits per heavy atom. The number of aliphatic hydroxyl groups excluding tert-OH is 1. The van der Waals surface area contributed by atoms with Crippen LogP contribution in [0.3, 0.4) is 0 Å². The highest BCUT2D eigenvalue weighted by Crippen LogP contribution is 2.08. The Morgan fingerprint density at radius 2 is 2.37 bits per heavy atom. The van der Waals surface area contributed by atoms with Crippen LogP contribution in [0, 0.1) is 0 Å². The van der Waals surface area contributed by atoms with Crippen LogP contribution in [0.5, 0.6) is 0 Å². The molecule has 0 aliphatic carbocycles. The van der Waals surface area contributed by atoms with E-state index in [1.54, 1.807) is 6.07 Å². The van der Waals surface area contributed by atoms with Crippen molar-refractivity contribution in [1.82, 2.24) is 10.3 Å². The number of ether oxygens (including phenoxy) is 1. The fourth-order valence-corrected chi connectivity index (χ4v) is 2.04. The normalized spacial score (nSPS) is 23.1. The maximum Gasteiger partial charge on any atom is 0.251 e. The number of nitrogens with one attached hydrogen (secondary N) is 2. The maximum absolute atomic E-state index is 12.0. The van der Waals surface area contributed by atoms with Gasteiger partial charge in [-0.1, -0.05) is 6.92 Å². The zero-order valence-electron chi connectivity index (χ0n) is 10.8. The molecule has 1 amide bonds. The summed E-state index contributed by atoms with van der Waals surface area (Å²) in [6, 6.07) is 2.47. The third-order valence-corrected chi connectivity index (χ3v) is 3.18. The Hall–Kier alpha value is -1.66. The van der Waals surface area contributed by atoms with Gasteiger partial charge < -0.3 is 20.1 Å². The predicted octanol–water partition coefficient (Wildman–Crippen LogP) is -0.183. The van der Waals surface area contributed by atoms with E-state index in [1.807, 2.05) is 6.92 Å². The SMILES string of the molecule is CCc1cc(C(=O)N[C@@H]2COCC[C@H]2O)cc(=O)[nH]1. The summed E-state index contributed by atoms with van der Waals surface area (Å²) in [5, 5.41) is 12.5. The molecule has 2 atom stereocenters. The molecule has 3 N–H and O–H groups in total. The van der Waals surface area contributed by atoms with Gasteiger partial charge in [0.1, 0.15) is 0 Å². The Labute approximate surface area is 110 Å². The average Bonchev–Trinajstić information content (AvgIpc) is 2.40. The quantitative estimate of drug-likeness (QED) is 0.707. The molecule has 1 aliphatic rings. The molecule has 0 spiro atoms. The van der Waals surface area contributed by atoms with Gasteiger partial charge in [-0.15, -0.1) is 0 Å². The first-order chi connectivity index (χ1) is 9.10. The summed E-state index contributed by atoms with van der Waals surface area (Å²) in [5.41, 5.74) is 0.710. The highest BCUT2D eigenvalue weighted by atomic mass is 16.5. The third kappa shape index (κ3) is 3.42. The smallest absolute Gasteiger partial charge is 0.251 e. The average molecular weight is 266 g/mol. The Bertz CT molecular complexity index is 512. The van der Waals surface area contributed by atoms with Crippen LogP contribution in [0.15, 0.2) is 16.9 Å². The van der Waals surface area contributed by atoms with Crippen molar-refractivity contribution >= 4 is 5.91 Å². The molecule has 1 aliphatic heterocycles. The van der Waals surface area contributed by atoms with Crippen molar-refractivity contribution in [2.45, 2.75) is 31.9 Å². The van der Waals surface area contributed by atoms with Crippen molar-refractivity contribution in [3.05, 3.63) is 33.7 Å². The lowest BCUT2D eigenvalue weighted by molar-refractivity contribution is -0.0140. The van der Waals surface area contributed by atoms with E-state index in [0.29, 0.717) is 30.7 Å². The number of hydrogen-bond donors (Lipinski definition) is 3. The van der Waals surface area contributed by atoms with Crippen molar-refractivity contribution in [2.24, 2.45) is 0 Å². The number of amides is 1. The Kier molecular flexibility index (Phi) is 4.34. The van der Waals surface area contributed by atoms with Crippen LogP contribution < -0.4 is 10.9 Å². The molecule has 2 heterocycles. The van der Waals surface area contributed by atoms with Crippen LogP contribution in [0.25, 0.3) is 0 Å². The largest absolute Gasteiger partial charge is 0.391 e. The summed E-state index contributed by atoms with van der Waals surface area (Å²) in [7, 11) is 0. The zero-order valence-corrected chi connectivity index (χ0v) is 10.8. The van der Waals surface area contributed by atoms with Crippen LogP contribution in [0.1, 0.15) is 29.4 Å². The number of hydrogen-bond acceptors (Lipinski definition) is 4. The van der Waals surface area contributed by atoms with Crippen LogP contribution in [0.2, 0.25) is 0 Å². The van der Waals surface area contributed by atoms with Crippen molar-refractivity contribution in [3.63, 3.8) is 0 Å². The van der Waals surface area contributed by atoms with Crippen LogP contribution >= 0.6 is 0 Å². The molecule has 1 fully saturated rings. The monoisotopic (exact) mass is 266 g/mol. The van der Waals surface area contributed by atoms with Gasteiger partial charge in [0.2, 0.25) is 5.56 Å². The van der Waals surface area contributed by atoms with Gasteiger partial charge in [0.05, 0.1) is 18.8 Å². The van der Waals surface area contributed by atoms with Crippen LogP contribution in [-0.4, -0.2) is 41.4 Å². The molecule has 1 aromatic heterocycles. The first-order valence-corrected chi connectivity index (χ1v) is 6.40. The van der Waals surface area contributed by atoms with Gasteiger partial charge in [-0.05, 0) is 18.9 Å². The molecule has 0 radical (unpaired) electrons. The minimum Gasteiger partial charge on any atom is -0.391 e. The van der Waals surface area contributed by atoms with Gasteiger partial charge in [0, 0.05) is 23.9 Å². The van der Waals surface area contributed by atoms with Gasteiger partial charge in [0.15, 0.2) is 0 Å². The summed E-state index contributed by atoms with van der Waals surface area (Å²) in [4.78, 5) is 26.1. The van der Waals surface area contributed by atoms with Crippen molar-refractivity contribution in [2.75, 3.05) is 13.2 Å². The van der Waals surface area contributed by atoms with Crippen LogP contribution in [-0.2, 0) is 11.2 Å². The fourth-order valence-electron chi connectivity index (χ4n) is 2.04. The van der Waals surface area contributed by atoms with Gasteiger partial charge in [-0.2, -0.15) is 0 Å². The van der Waals surface area contributed by atoms with Crippen molar-refractivity contribution < 1.29 is 14.6 Å². The minimum atomic E-state index is -0.606. The molecule has 2 rings (SSSR count). The predicted molar refractivity (Wildman–Crippen MR) is 69.1 cm³/mol. The highest BCUT2D eigenvalue weighted by Gasteiger charge is 2.25. The van der Waals surface area contributed by atoms with Crippen LogP contribution in [0.4, 0.5) is 0 Å². The number of aromatic amines is 1. The molecule has 0 saturated carbocycles. The lowest BCUT2D eigenvalue weighted by atomic mass is 10.1. The van der Waals surface area contributed by atoms with Gasteiger partial charge in [-0.25, -0.2) is 0 Å². The molecular formula is C13H18N2O4. The number of aliphatic hydroxyl groups is 1. The van der Waals surface area contributed by atoms with E-state index in [-0.39, 0.29) is 18.1 Å². The van der Waals surface area contributed by atoms with E-state index >= 15 is 0 Å². The first kappa shape index (κ1) is 13.8. The first-order valence-electron chi connectivity index (χ1n) is 6.40. The molecular weight excluding hydrogens is 248 g/mol. The highest BCUT2D eigenvalue weighted by molar-refractivity contribution is 5.94. The Morgan fingerprint density at radius 1 is 1.58 bits per heavy atom. The summed E-state index contributed by atoms with van der Waals surface area (Å²) in [5.74, 6) is -0.365. The second-order valence-electron chi connectivity index (χ2n) is 4.62. The fraction of sp³-hybridized carbons (Fsp3) is 0.538. The summed E-state index contributed by atoms with van der Waals surface area (Å²) < 4.78 is 5.22. The molecule has 1 aromatic rings. The standard InChI is InChI=1S/C13H18N2O4/c1-2-9-5-8(6-12(17)14-9)13(18)15-10-7-19-4-3-11(10)16/h5-6,10-11,16H,2-4,7H2,1H3,(H,14,17)(H,15,18)/t10-,11-/m1/s1. The number of H-pyrrole nitrogens is 1. The van der Waals surface area contributed by atoms with Crippen molar-refractivity contribution in [3.8, 4) is 0 Å². The molecule has 6 heteroatoms. The molecule has 1 saturated heterocycles. The maximum atomic E-state index is 12.0. The third-order valence-electron chi connectivity index (χ3n) is 3.18. The summed E-state index contributed by atoms with van der Waals surface area (Å²) in [6.45, 7) is 2.68. The summed E-state index contributed by atoms with van der Waals surface area (Å²) in [6.07, 6.45) is 0.539. The van der Waals surface area contributed by atoms with Gasteiger partial charge in [-0.3, -0.25) is 9.59 Å². The lowest BCUT2D eigenvalue weighted by Crippen LogP contribution is -2.49. The molecule has 104 valence electrons. The second kappa shape index (κ2) is 5.99. The van der Waals surface area contributed by atoms with Crippen molar-refractivity contribution in [1.29, 1.82) is 0 Å². The number of carbonyl (C=O) groups excluding carboxylic acids is 1. The molecule has 6 nitrogen and oxygen atoms in total. The molecule has 0 bridgehead atoms. The summed E-state index contributed by atoms with van der Waals surface area (Å²) >= 11 is 0. The van der Waals surface area contributed by atoms with E-state index in [9.17, 15) is 14.7 Å². The second-order valence-corrected chi connectivity index (χ2v) is 4.62. The van der Waals surface area contributed by atoms with E-state index in [0.717, 1.165) is 0 Å². The van der Waals surface area contributed by atoms with E-state index < -0.39 is 12.1 Å². The molecule has 0 aromatic carbocycles. The number of carbonyl (C=O) groups is 1. The number of aryl methyl sites for hydroxylation is 1. The topological polar surface area (TPSA) is 91.4 Å². The van der Waals surface area contributed by atoms with Gasteiger partial charge >= 0.3 is 0 Å². The zero-order chi connectivity index (χ0) is 13.8. The number of aromatic nitrogens is 1. The van der Waals surface area contributed by atoms with E-state index in [2.05, 4.69) is 10.3 Å².